The van der Waals surface area contributed by atoms with E-state index in [9.17, 15) is 23.8 Å². The van der Waals surface area contributed by atoms with E-state index in [2.05, 4.69) is 10.6 Å². The number of aliphatic hydroxyl groups excluding tert-OH is 2. The van der Waals surface area contributed by atoms with Gasteiger partial charge >= 0.3 is 0 Å². The number of carbonyl (C=O) groups excluding carboxylic acids is 1. The molecule has 0 bridgehead atoms. The maximum absolute atomic E-state index is 12.9. The summed E-state index contributed by atoms with van der Waals surface area (Å²) in [6, 6.07) is 0. The average molecular weight is 384 g/mol. The highest BCUT2D eigenvalue weighted by Crippen LogP contribution is 2.38. The first-order valence-corrected chi connectivity index (χ1v) is 9.52. The Morgan fingerprint density at radius 1 is 1.27 bits per heavy atom. The molecule has 1 aromatic heterocycles. The topological polar surface area (TPSA) is 81.6 Å². The lowest BCUT2D eigenvalue weighted by atomic mass is 10.0. The number of carbonyl (C=O) groups is 1. The molecular formula is C18H22F2N2O3S. The predicted octanol–water partition coefficient (Wildman–Crippen LogP) is 2.95. The Kier molecular flexibility index (Phi) is 6.05. The number of alkyl halides is 2. The lowest BCUT2D eigenvalue weighted by Gasteiger charge is -2.16. The molecule has 0 aromatic carbocycles. The number of rotatable bonds is 5. The van der Waals surface area contributed by atoms with Crippen molar-refractivity contribution in [3.63, 3.8) is 0 Å². The first kappa shape index (κ1) is 19.0. The molecule has 0 spiro atoms. The lowest BCUT2D eigenvalue weighted by molar-refractivity contribution is 0.0129. The van der Waals surface area contributed by atoms with E-state index < -0.39 is 18.8 Å². The number of aliphatic hydroxyl groups is 2. The zero-order valence-corrected chi connectivity index (χ0v) is 15.0. The van der Waals surface area contributed by atoms with E-state index in [1.54, 1.807) is 18.2 Å². The molecular weight excluding hydrogens is 362 g/mol. The molecule has 1 heterocycles. The van der Waals surface area contributed by atoms with Crippen LogP contribution in [0.4, 0.5) is 13.8 Å². The van der Waals surface area contributed by atoms with Gasteiger partial charge in [-0.1, -0.05) is 18.6 Å². The van der Waals surface area contributed by atoms with Crippen LogP contribution in [-0.2, 0) is 12.8 Å². The Morgan fingerprint density at radius 3 is 2.73 bits per heavy atom. The second-order valence-corrected chi connectivity index (χ2v) is 7.57. The highest BCUT2D eigenvalue weighted by atomic mass is 32.1. The van der Waals surface area contributed by atoms with Crippen molar-refractivity contribution in [2.75, 3.05) is 5.32 Å². The predicted molar refractivity (Wildman–Crippen MR) is 96.5 cm³/mol. The maximum Gasteiger partial charge on any atom is 0.282 e. The third kappa shape index (κ3) is 4.31. The van der Waals surface area contributed by atoms with Crippen molar-refractivity contribution >= 4 is 22.2 Å². The molecule has 2 atom stereocenters. The summed E-state index contributed by atoms with van der Waals surface area (Å²) in [5.41, 5.74) is 1.79. The number of hydrogen-bond donors (Lipinski definition) is 4. The largest absolute Gasteiger partial charge is 0.389 e. The summed E-state index contributed by atoms with van der Waals surface area (Å²) in [5, 5.41) is 24.5. The number of halogens is 2. The van der Waals surface area contributed by atoms with Crippen LogP contribution in [0.2, 0.25) is 0 Å². The molecule has 142 valence electrons. The van der Waals surface area contributed by atoms with Crippen molar-refractivity contribution < 1.29 is 23.8 Å². The monoisotopic (exact) mass is 384 g/mol. The van der Waals surface area contributed by atoms with Crippen LogP contribution >= 0.6 is 11.3 Å². The van der Waals surface area contributed by atoms with Gasteiger partial charge in [-0.05, 0) is 43.7 Å². The molecule has 0 radical (unpaired) electrons. The molecule has 1 unspecified atom stereocenters. The molecule has 2 aliphatic rings. The summed E-state index contributed by atoms with van der Waals surface area (Å²) in [5.74, 6) is -0.388. The summed E-state index contributed by atoms with van der Waals surface area (Å²) in [6.45, 7) is 0. The molecule has 1 aromatic rings. The number of nitrogens with one attached hydrogen (secondary N) is 2. The van der Waals surface area contributed by atoms with Gasteiger partial charge in [0.2, 0.25) is 0 Å². The van der Waals surface area contributed by atoms with Gasteiger partial charge in [0.1, 0.15) is 5.00 Å². The normalized spacial score (nSPS) is 21.0. The van der Waals surface area contributed by atoms with Gasteiger partial charge in [-0.2, -0.15) is 0 Å². The highest BCUT2D eigenvalue weighted by molar-refractivity contribution is 7.16. The number of amides is 1. The fourth-order valence-electron chi connectivity index (χ4n) is 3.18. The molecule has 2 aliphatic carbocycles. The summed E-state index contributed by atoms with van der Waals surface area (Å²) in [7, 11) is 0. The van der Waals surface area contributed by atoms with Crippen LogP contribution in [0.15, 0.2) is 23.9 Å². The molecule has 0 aliphatic heterocycles. The zero-order valence-electron chi connectivity index (χ0n) is 14.2. The van der Waals surface area contributed by atoms with Crippen molar-refractivity contribution in [3.8, 4) is 0 Å². The summed E-state index contributed by atoms with van der Waals surface area (Å²) >= 11 is 1.27. The van der Waals surface area contributed by atoms with Gasteiger partial charge in [0.15, 0.2) is 6.23 Å². The van der Waals surface area contributed by atoms with Crippen LogP contribution in [0.25, 0.3) is 0 Å². The quantitative estimate of drug-likeness (QED) is 0.465. The summed E-state index contributed by atoms with van der Waals surface area (Å²) in [6.07, 6.45) is 4.33. The third-order valence-electron chi connectivity index (χ3n) is 4.50. The Hall–Kier alpha value is -1.77. The van der Waals surface area contributed by atoms with Crippen LogP contribution in [-0.4, -0.2) is 34.9 Å². The smallest absolute Gasteiger partial charge is 0.282 e. The second-order valence-electron chi connectivity index (χ2n) is 6.47. The van der Waals surface area contributed by atoms with Crippen LogP contribution in [0.3, 0.4) is 0 Å². The minimum absolute atomic E-state index is 0.280. The molecule has 0 saturated heterocycles. The van der Waals surface area contributed by atoms with Gasteiger partial charge < -0.3 is 20.8 Å². The third-order valence-corrected chi connectivity index (χ3v) is 5.72. The van der Waals surface area contributed by atoms with Gasteiger partial charge in [-0.25, -0.2) is 8.78 Å². The van der Waals surface area contributed by atoms with E-state index in [0.29, 0.717) is 24.1 Å². The molecule has 4 N–H and O–H groups in total. The van der Waals surface area contributed by atoms with E-state index in [4.69, 9.17) is 0 Å². The maximum atomic E-state index is 12.9. The van der Waals surface area contributed by atoms with Gasteiger partial charge in [-0.3, -0.25) is 4.79 Å². The number of thiophene rings is 1. The van der Waals surface area contributed by atoms with Crippen molar-refractivity contribution in [1.29, 1.82) is 0 Å². The Morgan fingerprint density at radius 2 is 2.04 bits per heavy atom. The highest BCUT2D eigenvalue weighted by Gasteiger charge is 2.28. The Balaban J connectivity index is 1.88. The number of hydrogen-bond acceptors (Lipinski definition) is 5. The molecule has 1 amide bonds. The van der Waals surface area contributed by atoms with Crippen LogP contribution in [0.5, 0.6) is 0 Å². The summed E-state index contributed by atoms with van der Waals surface area (Å²) in [4.78, 5) is 13.9. The zero-order chi connectivity index (χ0) is 18.7. The molecule has 8 heteroatoms. The molecule has 5 nitrogen and oxygen atoms in total. The Labute approximate surface area is 154 Å². The minimum Gasteiger partial charge on any atom is -0.389 e. The molecule has 0 saturated carbocycles. The number of anilines is 1. The van der Waals surface area contributed by atoms with Gasteiger partial charge in [0.05, 0.1) is 11.7 Å². The van der Waals surface area contributed by atoms with E-state index >= 15 is 0 Å². The van der Waals surface area contributed by atoms with Crippen molar-refractivity contribution in [3.05, 3.63) is 39.9 Å². The van der Waals surface area contributed by atoms with Crippen molar-refractivity contribution in [2.45, 2.75) is 57.3 Å². The summed E-state index contributed by atoms with van der Waals surface area (Å²) < 4.78 is 25.5. The first-order chi connectivity index (χ1) is 12.5. The molecule has 26 heavy (non-hydrogen) atoms. The van der Waals surface area contributed by atoms with E-state index in [1.807, 2.05) is 0 Å². The fraction of sp³-hybridized carbons (Fsp3) is 0.500. The first-order valence-electron chi connectivity index (χ1n) is 8.70. The number of fused-ring (bicyclic) bond motifs is 1. The van der Waals surface area contributed by atoms with E-state index in [1.165, 1.54) is 11.3 Å². The van der Waals surface area contributed by atoms with Crippen LogP contribution in [0, 0.1) is 0 Å². The van der Waals surface area contributed by atoms with Gasteiger partial charge in [0.25, 0.3) is 12.3 Å². The van der Waals surface area contributed by atoms with Crippen molar-refractivity contribution in [1.82, 2.24) is 5.32 Å². The van der Waals surface area contributed by atoms with E-state index in [0.717, 1.165) is 36.1 Å². The molecule has 3 rings (SSSR count). The fourth-order valence-corrected chi connectivity index (χ4v) is 4.49. The number of allylic oxidation sites excluding steroid dienone is 1. The molecule has 0 fully saturated rings. The lowest BCUT2D eigenvalue weighted by Crippen LogP contribution is -2.29. The standard InChI is InChI=1S/C18H22F2N2O3S/c19-15(20)17(25)22-18-14(12-4-2-1-3-5-13(12)26-18)16(24)21-10-6-8-11(23)9-7-10/h6-8,11,15,17,22-23,25H,1-5,9H2,(H,21,24)/t11-,17?/m1/s1. The minimum atomic E-state index is -2.95. The Bertz CT molecular complexity index is 730. The van der Waals surface area contributed by atoms with Crippen molar-refractivity contribution in [2.24, 2.45) is 0 Å². The number of aryl methyl sites for hydroxylation is 1. The van der Waals surface area contributed by atoms with Crippen LogP contribution in [0.1, 0.15) is 46.5 Å². The SMILES string of the molecule is O=C(NC1=CC[C@H](O)C=C1)c1c(NC(O)C(F)F)sc2c1CCCCC2. The van der Waals surface area contributed by atoms with E-state index in [-0.39, 0.29) is 10.9 Å². The van der Waals surface area contributed by atoms with Gasteiger partial charge in [0, 0.05) is 10.6 Å². The second kappa shape index (κ2) is 8.28. The van der Waals surface area contributed by atoms with Crippen LogP contribution < -0.4 is 10.6 Å². The average Bonchev–Trinajstić information content (AvgIpc) is 2.78. The van der Waals surface area contributed by atoms with Gasteiger partial charge in [-0.15, -0.1) is 11.3 Å².